The quantitative estimate of drug-likeness (QED) is 0.484. The van der Waals surface area contributed by atoms with E-state index in [1.54, 1.807) is 0 Å². The number of rotatable bonds is 0. The van der Waals surface area contributed by atoms with Gasteiger partial charge in [-0.2, -0.15) is 0 Å². The summed E-state index contributed by atoms with van der Waals surface area (Å²) in [5.74, 6) is 1.42. The molecule has 2 nitrogen and oxygen atoms in total. The number of thiocarbonyl (C=S) groups is 1. The van der Waals surface area contributed by atoms with E-state index in [0.29, 0.717) is 10.2 Å². The van der Waals surface area contributed by atoms with Crippen molar-refractivity contribution >= 4 is 34.1 Å². The van der Waals surface area contributed by atoms with E-state index in [0.717, 1.165) is 5.75 Å². The van der Waals surface area contributed by atoms with Crippen molar-refractivity contribution in [1.82, 2.24) is 0 Å². The molecule has 0 radical (unpaired) electrons. The van der Waals surface area contributed by atoms with Gasteiger partial charge in [0.25, 0.3) is 0 Å². The molecule has 0 aliphatic carbocycles. The average molecular weight is 132 g/mol. The van der Waals surface area contributed by atoms with Crippen LogP contribution in [0.2, 0.25) is 0 Å². The maximum absolute atomic E-state index is 5.27. The number of hydrogen-bond acceptors (Lipinski definition) is 3. The summed E-state index contributed by atoms with van der Waals surface area (Å²) < 4.78 is 0.664. The van der Waals surface area contributed by atoms with Gasteiger partial charge >= 0.3 is 0 Å². The monoisotopic (exact) mass is 132 g/mol. The number of amidine groups is 1. The van der Waals surface area contributed by atoms with Crippen molar-refractivity contribution in [3.63, 3.8) is 0 Å². The van der Waals surface area contributed by atoms with Gasteiger partial charge in [0.1, 0.15) is 5.84 Å². The zero-order chi connectivity index (χ0) is 5.28. The second-order valence-electron chi connectivity index (χ2n) is 1.16. The van der Waals surface area contributed by atoms with E-state index >= 15 is 0 Å². The Morgan fingerprint density at radius 3 is 2.71 bits per heavy atom. The van der Waals surface area contributed by atoms with Crippen molar-refractivity contribution in [2.24, 2.45) is 10.7 Å². The van der Waals surface area contributed by atoms with E-state index in [4.69, 9.17) is 18.0 Å². The van der Waals surface area contributed by atoms with Crippen LogP contribution in [-0.4, -0.2) is 15.9 Å². The van der Waals surface area contributed by atoms with Crippen LogP contribution in [-0.2, 0) is 0 Å². The molecule has 1 aliphatic rings. The van der Waals surface area contributed by atoms with Crippen LogP contribution in [0.25, 0.3) is 0 Å². The van der Waals surface area contributed by atoms with Crippen LogP contribution in [0.1, 0.15) is 0 Å². The van der Waals surface area contributed by atoms with Crippen LogP contribution >= 0.6 is 24.0 Å². The van der Waals surface area contributed by atoms with Gasteiger partial charge in [0.15, 0.2) is 4.32 Å². The topological polar surface area (TPSA) is 38.4 Å². The lowest BCUT2D eigenvalue weighted by Crippen LogP contribution is -2.09. The highest BCUT2D eigenvalue weighted by molar-refractivity contribution is 8.23. The first-order chi connectivity index (χ1) is 3.29. The minimum Gasteiger partial charge on any atom is -0.386 e. The van der Waals surface area contributed by atoms with E-state index < -0.39 is 0 Å². The number of thioether (sulfide) groups is 1. The summed E-state index contributed by atoms with van der Waals surface area (Å²) in [6, 6.07) is 0. The standard InChI is InChI=1S/C3H4N2S2/c4-2-1-7-3(6)5-2/h1H2,(H2,4,5,6). The summed E-state index contributed by atoms with van der Waals surface area (Å²) in [7, 11) is 0. The lowest BCUT2D eigenvalue weighted by atomic mass is 10.7. The third kappa shape index (κ3) is 1.14. The second kappa shape index (κ2) is 1.79. The summed E-state index contributed by atoms with van der Waals surface area (Å²) in [5.41, 5.74) is 5.27. The van der Waals surface area contributed by atoms with Crippen molar-refractivity contribution in [3.05, 3.63) is 0 Å². The lowest BCUT2D eigenvalue weighted by molar-refractivity contribution is 1.61. The molecule has 0 saturated heterocycles. The third-order valence-electron chi connectivity index (χ3n) is 0.578. The van der Waals surface area contributed by atoms with Gasteiger partial charge in [-0.15, -0.1) is 0 Å². The molecule has 0 aromatic carbocycles. The zero-order valence-electron chi connectivity index (χ0n) is 3.55. The first kappa shape index (κ1) is 5.05. The van der Waals surface area contributed by atoms with Crippen molar-refractivity contribution in [1.29, 1.82) is 0 Å². The molecule has 1 heterocycles. The maximum Gasteiger partial charge on any atom is 0.162 e. The first-order valence-corrected chi connectivity index (χ1v) is 3.18. The Bertz CT molecular complexity index is 129. The Kier molecular flexibility index (Phi) is 1.30. The van der Waals surface area contributed by atoms with Crippen LogP contribution in [0.4, 0.5) is 0 Å². The van der Waals surface area contributed by atoms with Crippen LogP contribution in [0.5, 0.6) is 0 Å². The smallest absolute Gasteiger partial charge is 0.162 e. The first-order valence-electron chi connectivity index (χ1n) is 1.79. The summed E-state index contributed by atoms with van der Waals surface area (Å²) >= 11 is 6.20. The predicted octanol–water partition coefficient (Wildman–Crippen LogP) is 0.375. The molecule has 0 spiro atoms. The summed E-state index contributed by atoms with van der Waals surface area (Å²) in [6.45, 7) is 0. The molecule has 1 rings (SSSR count). The fourth-order valence-electron chi connectivity index (χ4n) is 0.317. The van der Waals surface area contributed by atoms with Gasteiger partial charge in [-0.3, -0.25) is 0 Å². The lowest BCUT2D eigenvalue weighted by Gasteiger charge is -1.76. The summed E-state index contributed by atoms with van der Waals surface area (Å²) in [4.78, 5) is 3.78. The van der Waals surface area contributed by atoms with E-state index in [1.165, 1.54) is 11.8 Å². The molecule has 0 saturated carbocycles. The fourth-order valence-corrected chi connectivity index (χ4v) is 1.13. The van der Waals surface area contributed by atoms with Crippen LogP contribution < -0.4 is 5.73 Å². The molecule has 0 aromatic rings. The SMILES string of the molecule is NC1=NC(=S)SC1. The Balaban J connectivity index is 2.67. The largest absolute Gasteiger partial charge is 0.386 e. The molecule has 4 heteroatoms. The number of nitrogens with zero attached hydrogens (tertiary/aromatic N) is 1. The van der Waals surface area contributed by atoms with Gasteiger partial charge in [0.2, 0.25) is 0 Å². The summed E-state index contributed by atoms with van der Waals surface area (Å²) in [5, 5.41) is 0. The molecule has 0 unspecified atom stereocenters. The second-order valence-corrected chi connectivity index (χ2v) is 2.77. The van der Waals surface area contributed by atoms with Crippen molar-refractivity contribution in [3.8, 4) is 0 Å². The highest BCUT2D eigenvalue weighted by Crippen LogP contribution is 2.10. The maximum atomic E-state index is 5.27. The molecule has 0 aromatic heterocycles. The molecule has 2 N–H and O–H groups in total. The zero-order valence-corrected chi connectivity index (χ0v) is 5.18. The van der Waals surface area contributed by atoms with Crippen molar-refractivity contribution in [2.75, 3.05) is 5.75 Å². The number of nitrogens with two attached hydrogens (primary N) is 1. The Morgan fingerprint density at radius 1 is 1.86 bits per heavy atom. The van der Waals surface area contributed by atoms with Gasteiger partial charge in [0, 0.05) is 0 Å². The van der Waals surface area contributed by atoms with E-state index in [1.807, 2.05) is 0 Å². The molecule has 0 atom stereocenters. The van der Waals surface area contributed by atoms with E-state index in [-0.39, 0.29) is 0 Å². The normalized spacial score (nSPS) is 20.0. The van der Waals surface area contributed by atoms with Crippen molar-refractivity contribution < 1.29 is 0 Å². The Morgan fingerprint density at radius 2 is 2.57 bits per heavy atom. The van der Waals surface area contributed by atoms with Crippen LogP contribution in [0.15, 0.2) is 4.99 Å². The minimum atomic E-state index is 0.648. The fraction of sp³-hybridized carbons (Fsp3) is 0.333. The van der Waals surface area contributed by atoms with E-state index in [2.05, 4.69) is 4.99 Å². The number of hydrogen-bond donors (Lipinski definition) is 1. The molecule has 38 valence electrons. The van der Waals surface area contributed by atoms with Crippen LogP contribution in [0, 0.1) is 0 Å². The van der Waals surface area contributed by atoms with Gasteiger partial charge in [0.05, 0.1) is 5.75 Å². The number of aliphatic imine (C=N–C) groups is 1. The minimum absolute atomic E-state index is 0.648. The molecule has 1 aliphatic heterocycles. The predicted molar refractivity (Wildman–Crippen MR) is 36.7 cm³/mol. The highest BCUT2D eigenvalue weighted by Gasteiger charge is 2.05. The molecular formula is C3H4N2S2. The molecule has 0 amide bonds. The molecule has 7 heavy (non-hydrogen) atoms. The van der Waals surface area contributed by atoms with Crippen molar-refractivity contribution in [2.45, 2.75) is 0 Å². The molecule has 0 bridgehead atoms. The Hall–Kier alpha value is -0.0900. The average Bonchev–Trinajstić information content (AvgIpc) is 1.87. The van der Waals surface area contributed by atoms with Crippen LogP contribution in [0.3, 0.4) is 0 Å². The van der Waals surface area contributed by atoms with Gasteiger partial charge < -0.3 is 5.73 Å². The van der Waals surface area contributed by atoms with Gasteiger partial charge in [-0.1, -0.05) is 24.0 Å². The Labute approximate surface area is 51.2 Å². The molecular weight excluding hydrogens is 128 g/mol. The third-order valence-corrected chi connectivity index (χ3v) is 1.80. The van der Waals surface area contributed by atoms with E-state index in [9.17, 15) is 0 Å². The summed E-state index contributed by atoms with van der Waals surface area (Å²) in [6.07, 6.45) is 0. The highest BCUT2D eigenvalue weighted by atomic mass is 32.2. The van der Waals surface area contributed by atoms with Gasteiger partial charge in [-0.05, 0) is 0 Å². The molecule has 0 fully saturated rings. The van der Waals surface area contributed by atoms with Gasteiger partial charge in [-0.25, -0.2) is 4.99 Å².